The molecule has 12 nitrogen and oxygen atoms in total. The summed E-state index contributed by atoms with van der Waals surface area (Å²) in [5.41, 5.74) is 0. The van der Waals surface area contributed by atoms with Gasteiger partial charge in [-0.15, -0.1) is 0 Å². The molecule has 0 saturated heterocycles. The van der Waals surface area contributed by atoms with Gasteiger partial charge in [-0.05, 0) is 97.6 Å². The molecule has 0 aliphatic carbocycles. The van der Waals surface area contributed by atoms with Gasteiger partial charge in [0.2, 0.25) is 0 Å². The van der Waals surface area contributed by atoms with Crippen LogP contribution in [0.3, 0.4) is 0 Å². The maximum absolute atomic E-state index is 13.0. The molecule has 0 aliphatic heterocycles. The highest BCUT2D eigenvalue weighted by Crippen LogP contribution is 2.49. The van der Waals surface area contributed by atoms with E-state index in [1.54, 1.807) is 13.8 Å². The third-order valence-corrected chi connectivity index (χ3v) is 11.6. The molecule has 0 amide bonds. The lowest BCUT2D eigenvalue weighted by molar-refractivity contribution is -0.151. The van der Waals surface area contributed by atoms with Gasteiger partial charge in [0.1, 0.15) is 18.3 Å². The lowest BCUT2D eigenvalue weighted by Gasteiger charge is -2.26. The SMILES string of the molecule is CCCCCC(CC)OC(=O)CCN(CCCOP(=O)(OCC)OCC)CCCN(CCC(=O)OC(CC)CCCCC)CCC(=O)OC(CC)CCCCC. The molecule has 0 aliphatic rings. The van der Waals surface area contributed by atoms with E-state index in [1.807, 2.05) is 0 Å². The first-order valence-corrected chi connectivity index (χ1v) is 24.1. The first-order valence-electron chi connectivity index (χ1n) is 22.6. The normalized spacial score (nSPS) is 13.5. The van der Waals surface area contributed by atoms with Crippen molar-refractivity contribution in [2.75, 3.05) is 59.1 Å². The molecule has 0 spiro atoms. The molecule has 0 rings (SSSR count). The summed E-state index contributed by atoms with van der Waals surface area (Å²) >= 11 is 0. The van der Waals surface area contributed by atoms with Crippen LogP contribution in [0.1, 0.15) is 184 Å². The Bertz CT molecular complexity index is 973. The summed E-state index contributed by atoms with van der Waals surface area (Å²) in [6, 6.07) is 0. The summed E-state index contributed by atoms with van der Waals surface area (Å²) in [5, 5.41) is 0. The number of rotatable bonds is 40. The molecule has 0 aromatic rings. The highest BCUT2D eigenvalue weighted by atomic mass is 31.2. The summed E-state index contributed by atoms with van der Waals surface area (Å²) in [7, 11) is -3.62. The van der Waals surface area contributed by atoms with Crippen LogP contribution in [0, 0.1) is 0 Å². The topological polar surface area (TPSA) is 130 Å². The lowest BCUT2D eigenvalue weighted by Crippen LogP contribution is -2.35. The Morgan fingerprint density at radius 2 is 0.786 bits per heavy atom. The largest absolute Gasteiger partial charge is 0.474 e. The minimum absolute atomic E-state index is 0.0676. The molecule has 0 saturated carbocycles. The Labute approximate surface area is 342 Å². The molecule has 332 valence electrons. The lowest BCUT2D eigenvalue weighted by atomic mass is 10.1. The minimum Gasteiger partial charge on any atom is -0.462 e. The Morgan fingerprint density at radius 3 is 1.11 bits per heavy atom. The van der Waals surface area contributed by atoms with Gasteiger partial charge >= 0.3 is 25.7 Å². The minimum atomic E-state index is -3.62. The quantitative estimate of drug-likeness (QED) is 0.0252. The van der Waals surface area contributed by atoms with Crippen molar-refractivity contribution >= 4 is 25.7 Å². The monoisotopic (exact) mass is 821 g/mol. The van der Waals surface area contributed by atoms with Gasteiger partial charge in [-0.1, -0.05) is 80.1 Å². The number of phosphoric ester groups is 1. The van der Waals surface area contributed by atoms with Crippen molar-refractivity contribution in [2.24, 2.45) is 0 Å². The molecule has 0 heterocycles. The van der Waals surface area contributed by atoms with Crippen LogP contribution in [0.4, 0.5) is 0 Å². The summed E-state index contributed by atoms with van der Waals surface area (Å²) in [4.78, 5) is 43.2. The third-order valence-electron chi connectivity index (χ3n) is 9.94. The first-order chi connectivity index (χ1) is 27.0. The molecule has 0 aromatic heterocycles. The second-order valence-corrected chi connectivity index (χ2v) is 16.5. The second-order valence-electron chi connectivity index (χ2n) is 14.8. The molecule has 3 atom stereocenters. The first kappa shape index (κ1) is 54.4. The zero-order chi connectivity index (χ0) is 41.9. The number of esters is 3. The highest BCUT2D eigenvalue weighted by molar-refractivity contribution is 7.48. The molecule has 0 bridgehead atoms. The molecular formula is C43H85N2O10P. The second kappa shape index (κ2) is 36.5. The van der Waals surface area contributed by atoms with Crippen molar-refractivity contribution in [1.29, 1.82) is 0 Å². The molecular weight excluding hydrogens is 735 g/mol. The molecule has 3 unspecified atom stereocenters. The number of hydrogen-bond acceptors (Lipinski definition) is 12. The number of nitrogens with zero attached hydrogens (tertiary/aromatic N) is 2. The van der Waals surface area contributed by atoms with Crippen LogP contribution in [0.5, 0.6) is 0 Å². The van der Waals surface area contributed by atoms with Crippen LogP contribution < -0.4 is 0 Å². The van der Waals surface area contributed by atoms with Gasteiger partial charge in [0, 0.05) is 26.2 Å². The summed E-state index contributed by atoms with van der Waals surface area (Å²) in [6.45, 7) is 20.1. The van der Waals surface area contributed by atoms with Crippen molar-refractivity contribution in [3.05, 3.63) is 0 Å². The van der Waals surface area contributed by atoms with Crippen LogP contribution in [0.25, 0.3) is 0 Å². The van der Waals surface area contributed by atoms with E-state index in [4.69, 9.17) is 27.8 Å². The van der Waals surface area contributed by atoms with E-state index in [0.29, 0.717) is 45.7 Å². The molecule has 56 heavy (non-hydrogen) atoms. The number of phosphoric acid groups is 1. The van der Waals surface area contributed by atoms with Crippen molar-refractivity contribution < 1.29 is 46.7 Å². The highest BCUT2D eigenvalue weighted by Gasteiger charge is 2.25. The van der Waals surface area contributed by atoms with E-state index >= 15 is 0 Å². The fourth-order valence-corrected chi connectivity index (χ4v) is 7.68. The summed E-state index contributed by atoms with van der Waals surface area (Å²) in [6.07, 6.45) is 16.8. The van der Waals surface area contributed by atoms with E-state index in [0.717, 1.165) is 103 Å². The molecule has 0 fully saturated rings. The maximum Gasteiger partial charge on any atom is 0.474 e. The predicted molar refractivity (Wildman–Crippen MR) is 226 cm³/mol. The van der Waals surface area contributed by atoms with Crippen molar-refractivity contribution in [2.45, 2.75) is 202 Å². The van der Waals surface area contributed by atoms with Gasteiger partial charge in [0.05, 0.1) is 39.1 Å². The Kier molecular flexibility index (Phi) is 35.5. The van der Waals surface area contributed by atoms with Crippen LogP contribution in [-0.2, 0) is 46.7 Å². The standard InChI is InChI=1S/C43H85N2O10P/c1-9-17-20-25-38(12-4)53-41(46)28-34-44(33-24-37-52-56(49,50-15-7)51-16-8)31-23-32-45(35-29-42(47)54-39(13-5)26-21-18-10-2)36-30-43(48)55-40(14-6)27-22-19-11-3/h38-40H,9-37H2,1-8H3. The smallest absolute Gasteiger partial charge is 0.462 e. The van der Waals surface area contributed by atoms with Gasteiger partial charge in [-0.3, -0.25) is 28.0 Å². The van der Waals surface area contributed by atoms with Crippen molar-refractivity contribution in [1.82, 2.24) is 9.80 Å². The molecule has 0 aromatic carbocycles. The molecule has 13 heteroatoms. The van der Waals surface area contributed by atoms with Gasteiger partial charge in [-0.25, -0.2) is 4.57 Å². The van der Waals surface area contributed by atoms with E-state index < -0.39 is 7.82 Å². The number of ether oxygens (including phenoxy) is 3. The average Bonchev–Trinajstić information content (AvgIpc) is 3.18. The third kappa shape index (κ3) is 29.6. The van der Waals surface area contributed by atoms with Gasteiger partial charge in [0.15, 0.2) is 0 Å². The van der Waals surface area contributed by atoms with Crippen molar-refractivity contribution in [3.63, 3.8) is 0 Å². The number of hydrogen-bond donors (Lipinski definition) is 0. The zero-order valence-electron chi connectivity index (χ0n) is 37.2. The van der Waals surface area contributed by atoms with Gasteiger partial charge < -0.3 is 24.0 Å². The Balaban J connectivity index is 5.63. The predicted octanol–water partition coefficient (Wildman–Crippen LogP) is 10.4. The van der Waals surface area contributed by atoms with Gasteiger partial charge in [0.25, 0.3) is 0 Å². The van der Waals surface area contributed by atoms with Gasteiger partial charge in [-0.2, -0.15) is 0 Å². The summed E-state index contributed by atoms with van der Waals surface area (Å²) < 4.78 is 46.5. The Morgan fingerprint density at radius 1 is 0.446 bits per heavy atom. The van der Waals surface area contributed by atoms with Crippen molar-refractivity contribution in [3.8, 4) is 0 Å². The fourth-order valence-electron chi connectivity index (χ4n) is 6.47. The number of carbonyl (C=O) groups excluding carboxylic acids is 3. The average molecular weight is 821 g/mol. The van der Waals surface area contributed by atoms with E-state index in [9.17, 15) is 18.9 Å². The van der Waals surface area contributed by atoms with E-state index in [-0.39, 0.29) is 75.3 Å². The van der Waals surface area contributed by atoms with E-state index in [2.05, 4.69) is 51.3 Å². The zero-order valence-corrected chi connectivity index (χ0v) is 38.1. The van der Waals surface area contributed by atoms with Crippen LogP contribution in [-0.4, -0.2) is 105 Å². The van der Waals surface area contributed by atoms with Crippen LogP contribution in [0.15, 0.2) is 0 Å². The molecule has 0 radical (unpaired) electrons. The molecule has 0 N–H and O–H groups in total. The van der Waals surface area contributed by atoms with Crippen LogP contribution in [0.2, 0.25) is 0 Å². The number of unbranched alkanes of at least 4 members (excludes halogenated alkanes) is 6. The van der Waals surface area contributed by atoms with Crippen LogP contribution >= 0.6 is 7.82 Å². The Hall–Kier alpha value is -1.56. The fraction of sp³-hybridized carbons (Fsp3) is 0.930. The maximum atomic E-state index is 13.0. The number of carbonyl (C=O) groups is 3. The summed E-state index contributed by atoms with van der Waals surface area (Å²) in [5.74, 6) is -0.621. The van der Waals surface area contributed by atoms with E-state index in [1.165, 1.54) is 0 Å².